The molecule has 3 rings (SSSR count). The second-order valence-electron chi connectivity index (χ2n) is 4.81. The Morgan fingerprint density at radius 3 is 2.81 bits per heavy atom. The molecule has 2 heterocycles. The predicted molar refractivity (Wildman–Crippen MR) is 67.8 cm³/mol. The second kappa shape index (κ2) is 3.63. The molecule has 1 aromatic carbocycles. The van der Waals surface area contributed by atoms with Gasteiger partial charge in [-0.1, -0.05) is 12.1 Å². The summed E-state index contributed by atoms with van der Waals surface area (Å²) < 4.78 is 0. The van der Waals surface area contributed by atoms with E-state index in [1.807, 2.05) is 0 Å². The topological polar surface area (TPSA) is 27.8 Å². The summed E-state index contributed by atoms with van der Waals surface area (Å²) in [6.07, 6.45) is 2.44. The van der Waals surface area contributed by atoms with Crippen molar-refractivity contribution in [2.24, 2.45) is 0 Å². The van der Waals surface area contributed by atoms with E-state index in [2.05, 4.69) is 36.3 Å². The van der Waals surface area contributed by atoms with Gasteiger partial charge in [-0.25, -0.2) is 0 Å². The van der Waals surface area contributed by atoms with Crippen LogP contribution in [0.3, 0.4) is 0 Å². The van der Waals surface area contributed by atoms with E-state index in [-0.39, 0.29) is 0 Å². The van der Waals surface area contributed by atoms with E-state index in [4.69, 9.17) is 0 Å². The summed E-state index contributed by atoms with van der Waals surface area (Å²) >= 11 is 0. The molecule has 0 spiro atoms. The SMILES string of the molecule is Cc1ccc(C)c2c3c([nH]c12)CNCCC3. The highest BCUT2D eigenvalue weighted by molar-refractivity contribution is 5.90. The Balaban J connectivity index is 2.33. The second-order valence-corrected chi connectivity index (χ2v) is 4.81. The summed E-state index contributed by atoms with van der Waals surface area (Å²) in [5.41, 5.74) is 7.04. The van der Waals surface area contributed by atoms with Crippen LogP contribution < -0.4 is 5.32 Å². The minimum absolute atomic E-state index is 0.989. The van der Waals surface area contributed by atoms with Gasteiger partial charge in [-0.05, 0) is 49.9 Å². The highest BCUT2D eigenvalue weighted by Gasteiger charge is 2.16. The van der Waals surface area contributed by atoms with Crippen LogP contribution in [0, 0.1) is 13.8 Å². The molecule has 0 unspecified atom stereocenters. The Morgan fingerprint density at radius 2 is 1.94 bits per heavy atom. The van der Waals surface area contributed by atoms with Crippen molar-refractivity contribution in [1.29, 1.82) is 0 Å². The molecule has 2 aromatic rings. The van der Waals surface area contributed by atoms with Gasteiger partial charge in [0.1, 0.15) is 0 Å². The number of hydrogen-bond acceptors (Lipinski definition) is 1. The van der Waals surface area contributed by atoms with Gasteiger partial charge in [-0.3, -0.25) is 0 Å². The van der Waals surface area contributed by atoms with Gasteiger partial charge in [0, 0.05) is 23.1 Å². The fourth-order valence-corrected chi connectivity index (χ4v) is 2.77. The van der Waals surface area contributed by atoms with E-state index in [9.17, 15) is 0 Å². The van der Waals surface area contributed by atoms with Crippen molar-refractivity contribution < 1.29 is 0 Å². The van der Waals surface area contributed by atoms with Crippen LogP contribution in [0.4, 0.5) is 0 Å². The van der Waals surface area contributed by atoms with E-state index in [0.717, 1.165) is 13.1 Å². The van der Waals surface area contributed by atoms with E-state index >= 15 is 0 Å². The lowest BCUT2D eigenvalue weighted by atomic mass is 10.0. The lowest BCUT2D eigenvalue weighted by molar-refractivity contribution is 0.675. The zero-order valence-corrected chi connectivity index (χ0v) is 9.98. The standard InChI is InChI=1S/C14H18N2/c1-9-5-6-10(2)14-13(9)11-4-3-7-15-8-12(11)16-14/h5-6,15-16H,3-4,7-8H2,1-2H3. The monoisotopic (exact) mass is 214 g/mol. The molecule has 0 bridgehead atoms. The highest BCUT2D eigenvalue weighted by Crippen LogP contribution is 2.30. The Bertz CT molecular complexity index is 537. The molecule has 0 saturated heterocycles. The average molecular weight is 214 g/mol. The molecule has 0 amide bonds. The largest absolute Gasteiger partial charge is 0.357 e. The summed E-state index contributed by atoms with van der Waals surface area (Å²) in [5.74, 6) is 0. The molecular formula is C14H18N2. The maximum Gasteiger partial charge on any atom is 0.0491 e. The Kier molecular flexibility index (Phi) is 2.25. The molecule has 0 saturated carbocycles. The Labute approximate surface area is 96.1 Å². The van der Waals surface area contributed by atoms with Crippen molar-refractivity contribution in [3.05, 3.63) is 34.5 Å². The Hall–Kier alpha value is -1.28. The van der Waals surface area contributed by atoms with Crippen molar-refractivity contribution in [2.75, 3.05) is 6.54 Å². The Morgan fingerprint density at radius 1 is 1.12 bits per heavy atom. The van der Waals surface area contributed by atoms with Gasteiger partial charge in [0.05, 0.1) is 0 Å². The van der Waals surface area contributed by atoms with Crippen LogP contribution in [-0.2, 0) is 13.0 Å². The minimum Gasteiger partial charge on any atom is -0.357 e. The molecular weight excluding hydrogens is 196 g/mol. The number of nitrogens with one attached hydrogen (secondary N) is 2. The van der Waals surface area contributed by atoms with Crippen LogP contribution in [-0.4, -0.2) is 11.5 Å². The number of benzene rings is 1. The molecule has 1 aliphatic rings. The fourth-order valence-electron chi connectivity index (χ4n) is 2.77. The van der Waals surface area contributed by atoms with E-state index in [1.165, 1.54) is 40.6 Å². The third-order valence-electron chi connectivity index (χ3n) is 3.65. The van der Waals surface area contributed by atoms with Crippen molar-refractivity contribution in [2.45, 2.75) is 33.2 Å². The number of H-pyrrole nitrogens is 1. The van der Waals surface area contributed by atoms with Crippen molar-refractivity contribution >= 4 is 10.9 Å². The summed E-state index contributed by atoms with van der Waals surface area (Å²) in [6.45, 7) is 6.52. The lowest BCUT2D eigenvalue weighted by Gasteiger charge is -2.03. The minimum atomic E-state index is 0.989. The van der Waals surface area contributed by atoms with E-state index in [0.29, 0.717) is 0 Å². The smallest absolute Gasteiger partial charge is 0.0491 e. The average Bonchev–Trinajstić information content (AvgIpc) is 2.49. The lowest BCUT2D eigenvalue weighted by Crippen LogP contribution is -2.12. The summed E-state index contributed by atoms with van der Waals surface area (Å²) in [7, 11) is 0. The van der Waals surface area contributed by atoms with Crippen LogP contribution in [0.15, 0.2) is 12.1 Å². The van der Waals surface area contributed by atoms with E-state index in [1.54, 1.807) is 5.56 Å². The molecule has 2 heteroatoms. The van der Waals surface area contributed by atoms with Crippen LogP contribution >= 0.6 is 0 Å². The van der Waals surface area contributed by atoms with Gasteiger partial charge >= 0.3 is 0 Å². The number of hydrogen-bond donors (Lipinski definition) is 2. The maximum absolute atomic E-state index is 3.60. The zero-order valence-electron chi connectivity index (χ0n) is 9.98. The molecule has 0 aliphatic carbocycles. The number of aryl methyl sites for hydroxylation is 3. The first-order valence-electron chi connectivity index (χ1n) is 6.07. The highest BCUT2D eigenvalue weighted by atomic mass is 14.9. The summed E-state index contributed by atoms with van der Waals surface area (Å²) in [6, 6.07) is 4.45. The maximum atomic E-state index is 3.60. The molecule has 2 N–H and O–H groups in total. The van der Waals surface area contributed by atoms with Gasteiger partial charge < -0.3 is 10.3 Å². The molecule has 1 aromatic heterocycles. The van der Waals surface area contributed by atoms with Crippen molar-refractivity contribution in [3.8, 4) is 0 Å². The zero-order chi connectivity index (χ0) is 11.1. The first-order chi connectivity index (χ1) is 7.77. The van der Waals surface area contributed by atoms with Gasteiger partial charge in [-0.15, -0.1) is 0 Å². The third kappa shape index (κ3) is 1.37. The quantitative estimate of drug-likeness (QED) is 0.693. The van der Waals surface area contributed by atoms with Gasteiger partial charge in [0.2, 0.25) is 0 Å². The first-order valence-corrected chi connectivity index (χ1v) is 6.07. The fraction of sp³-hybridized carbons (Fsp3) is 0.429. The molecule has 84 valence electrons. The van der Waals surface area contributed by atoms with Crippen molar-refractivity contribution in [1.82, 2.24) is 10.3 Å². The van der Waals surface area contributed by atoms with Gasteiger partial charge in [0.15, 0.2) is 0 Å². The van der Waals surface area contributed by atoms with E-state index < -0.39 is 0 Å². The van der Waals surface area contributed by atoms with Crippen LogP contribution in [0.2, 0.25) is 0 Å². The molecule has 1 aliphatic heterocycles. The normalized spacial score (nSPS) is 16.1. The third-order valence-corrected chi connectivity index (χ3v) is 3.65. The number of aromatic amines is 1. The van der Waals surface area contributed by atoms with Gasteiger partial charge in [-0.2, -0.15) is 0 Å². The molecule has 0 fully saturated rings. The summed E-state index contributed by atoms with van der Waals surface area (Å²) in [4.78, 5) is 3.60. The van der Waals surface area contributed by atoms with Gasteiger partial charge in [0.25, 0.3) is 0 Å². The van der Waals surface area contributed by atoms with Crippen molar-refractivity contribution in [3.63, 3.8) is 0 Å². The van der Waals surface area contributed by atoms with Crippen LogP contribution in [0.5, 0.6) is 0 Å². The predicted octanol–water partition coefficient (Wildman–Crippen LogP) is 2.82. The van der Waals surface area contributed by atoms with Crippen LogP contribution in [0.1, 0.15) is 28.8 Å². The first kappa shape index (κ1) is 9.91. The molecule has 2 nitrogen and oxygen atoms in total. The number of rotatable bonds is 0. The number of fused-ring (bicyclic) bond motifs is 3. The molecule has 0 atom stereocenters. The van der Waals surface area contributed by atoms with Crippen LogP contribution in [0.25, 0.3) is 10.9 Å². The molecule has 16 heavy (non-hydrogen) atoms. The number of aromatic nitrogens is 1. The molecule has 0 radical (unpaired) electrons. The summed E-state index contributed by atoms with van der Waals surface area (Å²) in [5, 5.41) is 4.94.